The number of hydrogen-bond donors (Lipinski definition) is 3. The Balaban J connectivity index is 1.91. The summed E-state index contributed by atoms with van der Waals surface area (Å²) in [4.78, 5) is 15.6. The summed E-state index contributed by atoms with van der Waals surface area (Å²) >= 11 is 4.89. The van der Waals surface area contributed by atoms with E-state index in [4.69, 9.17) is 12.2 Å². The lowest BCUT2D eigenvalue weighted by atomic mass is 10.3. The number of nitrogens with zero attached hydrogens (tertiary/aromatic N) is 2. The van der Waals surface area contributed by atoms with Crippen LogP contribution in [0.25, 0.3) is 0 Å². The highest BCUT2D eigenvalue weighted by Gasteiger charge is 2.14. The third kappa shape index (κ3) is 2.65. The fourth-order valence-electron chi connectivity index (χ4n) is 1.24. The van der Waals surface area contributed by atoms with E-state index < -0.39 is 0 Å². The summed E-state index contributed by atoms with van der Waals surface area (Å²) in [5.74, 6) is -0.190. The molecule has 84 valence electrons. The van der Waals surface area contributed by atoms with Crippen molar-refractivity contribution in [2.45, 2.75) is 0 Å². The molecule has 1 saturated heterocycles. The Morgan fingerprint density at radius 3 is 2.88 bits per heavy atom. The lowest BCUT2D eigenvalue weighted by Gasteiger charge is -2.29. The quantitative estimate of drug-likeness (QED) is 0.598. The van der Waals surface area contributed by atoms with Crippen LogP contribution in [0.5, 0.6) is 0 Å². The maximum Gasteiger partial charge on any atom is 0.267 e. The van der Waals surface area contributed by atoms with Crippen LogP contribution in [0.2, 0.25) is 0 Å². The maximum atomic E-state index is 11.7. The zero-order valence-electron chi connectivity index (χ0n) is 8.43. The van der Waals surface area contributed by atoms with Crippen molar-refractivity contribution in [3.05, 3.63) is 30.1 Å². The van der Waals surface area contributed by atoms with Crippen molar-refractivity contribution in [3.8, 4) is 0 Å². The number of hydrazine groups is 1. The topological polar surface area (TPSA) is 69.3 Å². The Morgan fingerprint density at radius 2 is 2.25 bits per heavy atom. The predicted molar refractivity (Wildman–Crippen MR) is 62.1 cm³/mol. The molecule has 6 nitrogen and oxygen atoms in total. The molecule has 0 radical (unpaired) electrons. The monoisotopic (exact) mass is 237 g/mol. The van der Waals surface area contributed by atoms with Crippen molar-refractivity contribution in [2.24, 2.45) is 0 Å². The van der Waals surface area contributed by atoms with Gasteiger partial charge in [0.2, 0.25) is 0 Å². The van der Waals surface area contributed by atoms with Crippen LogP contribution in [-0.4, -0.2) is 34.3 Å². The molecule has 2 heterocycles. The van der Waals surface area contributed by atoms with Gasteiger partial charge in [-0.05, 0) is 24.4 Å². The van der Waals surface area contributed by atoms with Crippen LogP contribution in [0.1, 0.15) is 10.4 Å². The zero-order chi connectivity index (χ0) is 11.4. The van der Waals surface area contributed by atoms with Crippen molar-refractivity contribution in [3.63, 3.8) is 0 Å². The Morgan fingerprint density at radius 1 is 1.50 bits per heavy atom. The van der Waals surface area contributed by atoms with Crippen LogP contribution < -0.4 is 16.1 Å². The summed E-state index contributed by atoms with van der Waals surface area (Å²) in [5, 5.41) is 8.08. The summed E-state index contributed by atoms with van der Waals surface area (Å²) in [6.45, 7) is 0.968. The van der Waals surface area contributed by atoms with E-state index in [1.807, 2.05) is 0 Å². The standard InChI is InChI=1S/C9H11N5OS/c15-8(7-2-1-3-10-4-7)13-14-5-11-9(16)12-6-14/h1-4H,5-6H2,(H,13,15)(H2,11,12,16). The van der Waals surface area contributed by atoms with E-state index in [0.29, 0.717) is 24.0 Å². The van der Waals surface area contributed by atoms with Crippen molar-refractivity contribution in [1.29, 1.82) is 0 Å². The number of rotatable bonds is 2. The lowest BCUT2D eigenvalue weighted by molar-refractivity contribution is 0.0759. The van der Waals surface area contributed by atoms with Crippen LogP contribution in [0.15, 0.2) is 24.5 Å². The molecule has 0 saturated carbocycles. The third-order valence-electron chi connectivity index (χ3n) is 2.04. The molecule has 1 fully saturated rings. The molecule has 7 heteroatoms. The molecule has 0 unspecified atom stereocenters. The predicted octanol–water partition coefficient (Wildman–Crippen LogP) is -0.579. The zero-order valence-corrected chi connectivity index (χ0v) is 9.25. The summed E-state index contributed by atoms with van der Waals surface area (Å²) < 4.78 is 0. The van der Waals surface area contributed by atoms with E-state index in [1.54, 1.807) is 23.3 Å². The van der Waals surface area contributed by atoms with E-state index in [1.165, 1.54) is 6.20 Å². The molecule has 0 bridgehead atoms. The second-order valence-corrected chi connectivity index (χ2v) is 3.63. The molecule has 1 aromatic rings. The maximum absolute atomic E-state index is 11.7. The van der Waals surface area contributed by atoms with E-state index in [2.05, 4.69) is 21.0 Å². The van der Waals surface area contributed by atoms with Gasteiger partial charge in [0.25, 0.3) is 5.91 Å². The normalized spacial score (nSPS) is 16.1. The highest BCUT2D eigenvalue weighted by molar-refractivity contribution is 7.80. The number of thiocarbonyl (C=S) groups is 1. The number of aromatic nitrogens is 1. The first-order chi connectivity index (χ1) is 7.75. The fraction of sp³-hybridized carbons (Fsp3) is 0.222. The molecular formula is C9H11N5OS. The van der Waals surface area contributed by atoms with Gasteiger partial charge in [0, 0.05) is 12.4 Å². The van der Waals surface area contributed by atoms with Gasteiger partial charge in [0.15, 0.2) is 5.11 Å². The minimum Gasteiger partial charge on any atom is -0.348 e. The Labute approximate surface area is 98.0 Å². The van der Waals surface area contributed by atoms with Gasteiger partial charge in [-0.2, -0.15) is 5.01 Å². The molecule has 0 atom stereocenters. The van der Waals surface area contributed by atoms with Gasteiger partial charge in [-0.25, -0.2) is 0 Å². The number of carbonyl (C=O) groups is 1. The van der Waals surface area contributed by atoms with E-state index in [-0.39, 0.29) is 5.91 Å². The molecule has 0 aliphatic carbocycles. The highest BCUT2D eigenvalue weighted by Crippen LogP contribution is 1.96. The fourth-order valence-corrected chi connectivity index (χ4v) is 1.37. The molecule has 1 aliphatic rings. The van der Waals surface area contributed by atoms with Gasteiger partial charge in [0.05, 0.1) is 18.9 Å². The minimum atomic E-state index is -0.190. The molecule has 2 rings (SSSR count). The summed E-state index contributed by atoms with van der Waals surface area (Å²) in [7, 11) is 0. The average molecular weight is 237 g/mol. The van der Waals surface area contributed by atoms with Crippen molar-refractivity contribution in [1.82, 2.24) is 26.1 Å². The largest absolute Gasteiger partial charge is 0.348 e. The van der Waals surface area contributed by atoms with Crippen LogP contribution >= 0.6 is 12.2 Å². The smallest absolute Gasteiger partial charge is 0.267 e. The SMILES string of the molecule is O=C(NN1CNC(=S)NC1)c1cccnc1. The first-order valence-electron chi connectivity index (χ1n) is 4.73. The lowest BCUT2D eigenvalue weighted by Crippen LogP contribution is -2.59. The molecule has 0 aromatic carbocycles. The Kier molecular flexibility index (Phi) is 3.28. The number of pyridine rings is 1. The van der Waals surface area contributed by atoms with E-state index in [0.717, 1.165) is 0 Å². The molecular weight excluding hydrogens is 226 g/mol. The molecule has 1 aliphatic heterocycles. The second-order valence-electron chi connectivity index (χ2n) is 3.22. The number of carbonyl (C=O) groups excluding carboxylic acids is 1. The van der Waals surface area contributed by atoms with Crippen molar-refractivity contribution in [2.75, 3.05) is 13.3 Å². The van der Waals surface area contributed by atoms with Gasteiger partial charge >= 0.3 is 0 Å². The molecule has 16 heavy (non-hydrogen) atoms. The molecule has 1 amide bonds. The Bertz CT molecular complexity index is 386. The van der Waals surface area contributed by atoms with Crippen molar-refractivity contribution < 1.29 is 4.79 Å². The average Bonchev–Trinajstić information content (AvgIpc) is 2.33. The van der Waals surface area contributed by atoms with E-state index >= 15 is 0 Å². The molecule has 1 aromatic heterocycles. The first-order valence-corrected chi connectivity index (χ1v) is 5.14. The first kappa shape index (κ1) is 10.8. The van der Waals surface area contributed by atoms with Crippen LogP contribution in [0, 0.1) is 0 Å². The third-order valence-corrected chi connectivity index (χ3v) is 2.33. The van der Waals surface area contributed by atoms with Crippen molar-refractivity contribution >= 4 is 23.2 Å². The van der Waals surface area contributed by atoms with Gasteiger partial charge in [-0.15, -0.1) is 0 Å². The minimum absolute atomic E-state index is 0.190. The van der Waals surface area contributed by atoms with Gasteiger partial charge in [-0.1, -0.05) is 0 Å². The molecule has 0 spiro atoms. The van der Waals surface area contributed by atoms with Gasteiger partial charge in [-0.3, -0.25) is 15.2 Å². The Hall–Kier alpha value is -1.73. The summed E-state index contributed by atoms with van der Waals surface area (Å²) in [6.07, 6.45) is 3.14. The number of nitrogens with one attached hydrogen (secondary N) is 3. The molecule has 3 N–H and O–H groups in total. The number of amides is 1. The number of hydrogen-bond acceptors (Lipinski definition) is 4. The van der Waals surface area contributed by atoms with Crippen LogP contribution in [0.3, 0.4) is 0 Å². The van der Waals surface area contributed by atoms with Crippen LogP contribution in [0.4, 0.5) is 0 Å². The van der Waals surface area contributed by atoms with Gasteiger partial charge < -0.3 is 10.6 Å². The van der Waals surface area contributed by atoms with E-state index in [9.17, 15) is 4.79 Å². The summed E-state index contributed by atoms with van der Waals surface area (Å²) in [6, 6.07) is 3.43. The second kappa shape index (κ2) is 4.86. The highest BCUT2D eigenvalue weighted by atomic mass is 32.1. The van der Waals surface area contributed by atoms with Gasteiger partial charge in [0.1, 0.15) is 0 Å². The summed E-state index contributed by atoms with van der Waals surface area (Å²) in [5.41, 5.74) is 3.25. The van der Waals surface area contributed by atoms with Crippen LogP contribution in [-0.2, 0) is 0 Å².